The molecule has 52 heavy (non-hydrogen) atoms. The maximum Gasteiger partial charge on any atom is 0.295 e. The Hall–Kier alpha value is -5.06. The average Bonchev–Trinajstić information content (AvgIpc) is 3.07. The molecule has 0 unspecified atom stereocenters. The summed E-state index contributed by atoms with van der Waals surface area (Å²) in [4.78, 5) is 24.7. The highest BCUT2D eigenvalue weighted by Gasteiger charge is 2.19. The summed E-state index contributed by atoms with van der Waals surface area (Å²) in [6, 6.07) is 16.7. The maximum atomic E-state index is 12.4. The van der Waals surface area contributed by atoms with Crippen LogP contribution in [-0.2, 0) is 20.2 Å². The summed E-state index contributed by atoms with van der Waals surface area (Å²) in [6.45, 7) is -0.380. The van der Waals surface area contributed by atoms with E-state index in [1.807, 2.05) is 6.07 Å². The van der Waals surface area contributed by atoms with E-state index in [1.54, 1.807) is 24.3 Å². The minimum Gasteiger partial charge on any atom is -0.395 e. The fourth-order valence-corrected chi connectivity index (χ4v) is 6.32. The molecule has 5 aromatic rings. The number of halogens is 2. The number of nitrogens with zero attached hydrogens (tertiary/aromatic N) is 7. The zero-order chi connectivity index (χ0) is 37.5. The topological polar surface area (TPSA) is 266 Å². The van der Waals surface area contributed by atoms with Crippen LogP contribution in [0.2, 0.25) is 10.6 Å². The van der Waals surface area contributed by atoms with Crippen LogP contribution in [0.1, 0.15) is 11.1 Å². The van der Waals surface area contributed by atoms with Crippen molar-refractivity contribution < 1.29 is 36.2 Å². The molecule has 0 aliphatic rings. The molecule has 22 heteroatoms. The summed E-state index contributed by atoms with van der Waals surface area (Å²) < 4.78 is 69.7. The highest BCUT2D eigenvalue weighted by Crippen LogP contribution is 2.28. The number of aromatic nitrogens is 6. The van der Waals surface area contributed by atoms with Crippen LogP contribution in [0, 0.1) is 0 Å². The zero-order valence-electron chi connectivity index (χ0n) is 26.5. The molecule has 2 heterocycles. The predicted molar refractivity (Wildman–Crippen MR) is 194 cm³/mol. The van der Waals surface area contributed by atoms with Crippen LogP contribution in [0.15, 0.2) is 76.5 Å². The molecule has 3 aromatic carbocycles. The molecule has 0 saturated heterocycles. The summed E-state index contributed by atoms with van der Waals surface area (Å²) in [5.41, 5.74) is 0.819. The van der Waals surface area contributed by atoms with Crippen molar-refractivity contribution in [3.63, 3.8) is 0 Å². The average molecular weight is 792 g/mol. The minimum absolute atomic E-state index is 0.0259. The van der Waals surface area contributed by atoms with Crippen LogP contribution in [0.3, 0.4) is 0 Å². The molecule has 0 atom stereocenters. The number of benzene rings is 3. The summed E-state index contributed by atoms with van der Waals surface area (Å²) >= 11 is 12.1. The van der Waals surface area contributed by atoms with Gasteiger partial charge in [-0.25, -0.2) is 0 Å². The first-order valence-electron chi connectivity index (χ1n) is 14.8. The van der Waals surface area contributed by atoms with Gasteiger partial charge in [-0.3, -0.25) is 9.11 Å². The van der Waals surface area contributed by atoms with Gasteiger partial charge in [-0.15, -0.1) is 0 Å². The number of hydrogen-bond acceptors (Lipinski definition) is 16. The van der Waals surface area contributed by atoms with Gasteiger partial charge < -0.3 is 31.1 Å². The highest BCUT2D eigenvalue weighted by molar-refractivity contribution is 7.86. The van der Waals surface area contributed by atoms with Gasteiger partial charge in [0.05, 0.1) is 13.2 Å². The van der Waals surface area contributed by atoms with E-state index >= 15 is 0 Å². The van der Waals surface area contributed by atoms with Gasteiger partial charge in [-0.05, 0) is 70.7 Å². The van der Waals surface area contributed by atoms with Crippen LogP contribution in [0.4, 0.5) is 40.9 Å². The largest absolute Gasteiger partial charge is 0.395 e. The Balaban J connectivity index is 1.42. The SMILES string of the molecule is O=S(=O)(O)c1cc(Nc2nc(Cl)nc(Nc3ccccc3)n2)ccc1/C=C/c1ccc(Nc2nc(Cl)nc(N(CCO)CCO)n2)cc1S(=O)(=O)O. The molecule has 0 radical (unpaired) electrons. The molecule has 0 fully saturated rings. The standard InChI is InChI=1S/C30H28Cl2N10O8S2/c31-25-36-27(33-20-4-2-1-3-5-20)40-28(37-25)34-21-10-8-18(23(16-21)51(45,46)47)6-7-19-9-11-22(17-24(19)52(48,49)50)35-29-38-26(32)39-30(41-29)42(12-14-43)13-15-44/h1-11,16-17,43-44H,12-15H2,(H,45,46,47)(H,48,49,50)(H,35,38,39,41)(H2,33,34,36,37,40)/b7-6+. The molecule has 7 N–H and O–H groups in total. The monoisotopic (exact) mass is 790 g/mol. The first kappa shape index (κ1) is 38.2. The second-order valence-electron chi connectivity index (χ2n) is 10.4. The van der Waals surface area contributed by atoms with Gasteiger partial charge in [0.15, 0.2) is 0 Å². The summed E-state index contributed by atoms with van der Waals surface area (Å²) in [5.74, 6) is -0.0329. The third kappa shape index (κ3) is 10.3. The predicted octanol–water partition coefficient (Wildman–Crippen LogP) is 4.05. The normalized spacial score (nSPS) is 11.8. The van der Waals surface area contributed by atoms with Crippen LogP contribution < -0.4 is 20.9 Å². The van der Waals surface area contributed by atoms with E-state index in [1.165, 1.54) is 41.3 Å². The second kappa shape index (κ2) is 16.5. The Morgan fingerprint density at radius 1 is 0.596 bits per heavy atom. The molecule has 0 aliphatic carbocycles. The van der Waals surface area contributed by atoms with Gasteiger partial charge in [0.1, 0.15) is 9.79 Å². The zero-order valence-corrected chi connectivity index (χ0v) is 29.6. The first-order valence-corrected chi connectivity index (χ1v) is 18.4. The van der Waals surface area contributed by atoms with E-state index in [2.05, 4.69) is 45.9 Å². The fraction of sp³-hybridized carbons (Fsp3) is 0.133. The van der Waals surface area contributed by atoms with Crippen molar-refractivity contribution in [3.8, 4) is 0 Å². The van der Waals surface area contributed by atoms with E-state index in [0.717, 1.165) is 12.1 Å². The molecule has 0 spiro atoms. The molecule has 18 nitrogen and oxygen atoms in total. The Labute approximate surface area is 306 Å². The summed E-state index contributed by atoms with van der Waals surface area (Å²) in [7, 11) is -9.68. The van der Waals surface area contributed by atoms with Gasteiger partial charge in [0.2, 0.25) is 34.4 Å². The van der Waals surface area contributed by atoms with Crippen molar-refractivity contribution in [3.05, 3.63) is 88.4 Å². The fourth-order valence-electron chi connectivity index (χ4n) is 4.59. The van der Waals surface area contributed by atoms with Gasteiger partial charge >= 0.3 is 0 Å². The lowest BCUT2D eigenvalue weighted by molar-refractivity contribution is 0.280. The van der Waals surface area contributed by atoms with Crippen molar-refractivity contribution in [1.29, 1.82) is 0 Å². The molecular formula is C30H28Cl2N10O8S2. The third-order valence-electron chi connectivity index (χ3n) is 6.79. The summed E-state index contributed by atoms with van der Waals surface area (Å²) in [6.07, 6.45) is 2.44. The lowest BCUT2D eigenvalue weighted by Crippen LogP contribution is -2.31. The first-order chi connectivity index (χ1) is 24.7. The molecule has 272 valence electrons. The van der Waals surface area contributed by atoms with Crippen LogP contribution in [-0.4, -0.2) is 92.4 Å². The Morgan fingerprint density at radius 2 is 1.04 bits per heavy atom. The number of nitrogens with one attached hydrogen (secondary N) is 3. The van der Waals surface area contributed by atoms with E-state index in [4.69, 9.17) is 23.2 Å². The molecular weight excluding hydrogens is 763 g/mol. The Kier molecular flexibility index (Phi) is 12.1. The minimum atomic E-state index is -4.85. The number of anilines is 7. The molecule has 0 aliphatic heterocycles. The molecule has 0 amide bonds. The van der Waals surface area contributed by atoms with E-state index in [9.17, 15) is 36.2 Å². The molecule has 0 bridgehead atoms. The summed E-state index contributed by atoms with van der Waals surface area (Å²) in [5, 5.41) is 26.8. The van der Waals surface area contributed by atoms with Crippen LogP contribution in [0.25, 0.3) is 12.2 Å². The van der Waals surface area contributed by atoms with Crippen molar-refractivity contribution >= 4 is 96.4 Å². The number of para-hydroxylation sites is 1. The Bertz CT molecular complexity index is 2320. The van der Waals surface area contributed by atoms with Gasteiger partial charge in [0, 0.05) is 30.2 Å². The number of aliphatic hydroxyl groups is 2. The molecule has 2 aromatic heterocycles. The number of aliphatic hydroxyl groups excluding tert-OH is 2. The lowest BCUT2D eigenvalue weighted by Gasteiger charge is -2.20. The van der Waals surface area contributed by atoms with Crippen molar-refractivity contribution in [2.45, 2.75) is 9.79 Å². The smallest absolute Gasteiger partial charge is 0.295 e. The van der Waals surface area contributed by atoms with Crippen molar-refractivity contribution in [1.82, 2.24) is 29.9 Å². The van der Waals surface area contributed by atoms with Crippen LogP contribution in [0.5, 0.6) is 0 Å². The van der Waals surface area contributed by atoms with Crippen molar-refractivity contribution in [2.75, 3.05) is 47.2 Å². The number of rotatable bonds is 15. The highest BCUT2D eigenvalue weighted by atomic mass is 35.5. The van der Waals surface area contributed by atoms with Gasteiger partial charge in [0.25, 0.3) is 20.2 Å². The Morgan fingerprint density at radius 3 is 1.50 bits per heavy atom. The van der Waals surface area contributed by atoms with E-state index in [0.29, 0.717) is 5.69 Å². The van der Waals surface area contributed by atoms with Gasteiger partial charge in [-0.1, -0.05) is 42.5 Å². The van der Waals surface area contributed by atoms with Crippen molar-refractivity contribution in [2.24, 2.45) is 0 Å². The third-order valence-corrected chi connectivity index (χ3v) is 8.95. The maximum absolute atomic E-state index is 12.4. The second-order valence-corrected chi connectivity index (χ2v) is 13.9. The van der Waals surface area contributed by atoms with Crippen LogP contribution >= 0.6 is 23.2 Å². The molecule has 5 rings (SSSR count). The molecule has 0 saturated carbocycles. The van der Waals surface area contributed by atoms with E-state index in [-0.39, 0.29) is 83.2 Å². The number of hydrogen-bond donors (Lipinski definition) is 7. The quantitative estimate of drug-likeness (QED) is 0.0582. The van der Waals surface area contributed by atoms with Gasteiger partial charge in [-0.2, -0.15) is 46.7 Å². The lowest BCUT2D eigenvalue weighted by atomic mass is 10.1. The van der Waals surface area contributed by atoms with E-state index < -0.39 is 30.0 Å².